The van der Waals surface area contributed by atoms with Gasteiger partial charge in [-0.1, -0.05) is 0 Å². The van der Waals surface area contributed by atoms with Crippen LogP contribution in [0.5, 0.6) is 0 Å². The van der Waals surface area contributed by atoms with Crippen LogP contribution in [0.3, 0.4) is 0 Å². The summed E-state index contributed by atoms with van der Waals surface area (Å²) in [5.74, 6) is -0.0296. The zero-order chi connectivity index (χ0) is 8.10. The Morgan fingerprint density at radius 1 is 1.82 bits per heavy atom. The second kappa shape index (κ2) is 3.70. The fraction of sp³-hybridized carbons (Fsp3) is 0.500. The van der Waals surface area contributed by atoms with E-state index in [0.29, 0.717) is 13.1 Å². The molecule has 1 heterocycles. The highest BCUT2D eigenvalue weighted by atomic mass is 16.1. The van der Waals surface area contributed by atoms with E-state index in [1.54, 1.807) is 10.9 Å². The van der Waals surface area contributed by atoms with Gasteiger partial charge >= 0.3 is 0 Å². The summed E-state index contributed by atoms with van der Waals surface area (Å²) >= 11 is 0. The van der Waals surface area contributed by atoms with E-state index in [4.69, 9.17) is 0 Å². The van der Waals surface area contributed by atoms with Crippen molar-refractivity contribution >= 4 is 5.91 Å². The second-order valence-electron chi connectivity index (χ2n) is 2.11. The number of amides is 1. The largest absolute Gasteiger partial charge is 0.355 e. The van der Waals surface area contributed by atoms with Gasteiger partial charge in [0, 0.05) is 20.0 Å². The Hall–Kier alpha value is -1.39. The van der Waals surface area contributed by atoms with Gasteiger partial charge in [-0.15, -0.1) is 10.2 Å². The van der Waals surface area contributed by atoms with Gasteiger partial charge in [0.15, 0.2) is 0 Å². The predicted octanol–water partition coefficient (Wildman–Crippen LogP) is -0.786. The molecule has 1 aromatic heterocycles. The molecule has 0 aromatic carbocycles. The molecule has 5 heteroatoms. The van der Waals surface area contributed by atoms with Crippen LogP contribution in [-0.4, -0.2) is 27.2 Å². The van der Waals surface area contributed by atoms with E-state index in [9.17, 15) is 4.79 Å². The molecule has 1 radical (unpaired) electrons. The van der Waals surface area contributed by atoms with Crippen molar-refractivity contribution in [2.45, 2.75) is 13.5 Å². The van der Waals surface area contributed by atoms with Gasteiger partial charge in [0.05, 0.1) is 0 Å². The van der Waals surface area contributed by atoms with Crippen molar-refractivity contribution in [1.82, 2.24) is 20.1 Å². The smallest absolute Gasteiger partial charge is 0.216 e. The maximum absolute atomic E-state index is 10.4. The SMILES string of the molecule is CC(=O)NCCn1[c]nnc1. The Labute approximate surface area is 64.4 Å². The van der Waals surface area contributed by atoms with Crippen LogP contribution >= 0.6 is 0 Å². The molecule has 0 aliphatic heterocycles. The molecule has 0 fully saturated rings. The van der Waals surface area contributed by atoms with Crippen LogP contribution in [0.15, 0.2) is 6.33 Å². The van der Waals surface area contributed by atoms with Gasteiger partial charge in [-0.3, -0.25) is 4.79 Å². The Morgan fingerprint density at radius 3 is 3.18 bits per heavy atom. The van der Waals surface area contributed by atoms with Crippen molar-refractivity contribution in [3.05, 3.63) is 12.7 Å². The number of nitrogens with zero attached hydrogens (tertiary/aromatic N) is 3. The van der Waals surface area contributed by atoms with Gasteiger partial charge in [0.25, 0.3) is 0 Å². The van der Waals surface area contributed by atoms with Crippen molar-refractivity contribution in [2.75, 3.05) is 6.54 Å². The summed E-state index contributed by atoms with van der Waals surface area (Å²) in [6, 6.07) is 0. The Bertz CT molecular complexity index is 218. The van der Waals surface area contributed by atoms with Gasteiger partial charge in [-0.25, -0.2) is 0 Å². The molecule has 1 amide bonds. The predicted molar refractivity (Wildman–Crippen MR) is 37.5 cm³/mol. The number of hydrogen-bond donors (Lipinski definition) is 1. The molecule has 59 valence electrons. The fourth-order valence-electron chi connectivity index (χ4n) is 0.657. The Kier molecular flexibility index (Phi) is 2.59. The first-order valence-electron chi connectivity index (χ1n) is 3.29. The molecular weight excluding hydrogens is 144 g/mol. The third-order valence-corrected chi connectivity index (χ3v) is 1.15. The minimum Gasteiger partial charge on any atom is -0.355 e. The van der Waals surface area contributed by atoms with Crippen molar-refractivity contribution in [3.63, 3.8) is 0 Å². The van der Waals surface area contributed by atoms with E-state index in [2.05, 4.69) is 21.8 Å². The molecule has 0 unspecified atom stereocenters. The molecule has 0 saturated heterocycles. The molecule has 11 heavy (non-hydrogen) atoms. The van der Waals surface area contributed by atoms with Crippen LogP contribution in [0.25, 0.3) is 0 Å². The normalized spacial score (nSPS) is 9.55. The minimum absolute atomic E-state index is 0.0296. The monoisotopic (exact) mass is 153 g/mol. The van der Waals surface area contributed by atoms with E-state index < -0.39 is 0 Å². The van der Waals surface area contributed by atoms with E-state index in [-0.39, 0.29) is 5.91 Å². The highest BCUT2D eigenvalue weighted by Crippen LogP contribution is 1.78. The minimum atomic E-state index is -0.0296. The van der Waals surface area contributed by atoms with Crippen LogP contribution in [-0.2, 0) is 11.3 Å². The second-order valence-corrected chi connectivity index (χ2v) is 2.11. The maximum atomic E-state index is 10.4. The third kappa shape index (κ3) is 2.79. The molecule has 0 aliphatic rings. The number of rotatable bonds is 3. The van der Waals surface area contributed by atoms with Crippen LogP contribution in [0.1, 0.15) is 6.92 Å². The van der Waals surface area contributed by atoms with Crippen LogP contribution in [0, 0.1) is 6.33 Å². The van der Waals surface area contributed by atoms with Gasteiger partial charge in [-0.2, -0.15) is 0 Å². The zero-order valence-corrected chi connectivity index (χ0v) is 6.24. The standard InChI is InChI=1S/C6H9N4O/c1-6(11)7-2-3-10-4-8-9-5-10/h4H,2-3H2,1H3,(H,7,11). The van der Waals surface area contributed by atoms with E-state index >= 15 is 0 Å². The first-order valence-corrected chi connectivity index (χ1v) is 3.29. The third-order valence-electron chi connectivity index (χ3n) is 1.15. The average Bonchev–Trinajstić information content (AvgIpc) is 2.39. The van der Waals surface area contributed by atoms with E-state index in [1.807, 2.05) is 0 Å². The summed E-state index contributed by atoms with van der Waals surface area (Å²) in [7, 11) is 0. The van der Waals surface area contributed by atoms with Crippen LogP contribution < -0.4 is 5.32 Å². The van der Waals surface area contributed by atoms with E-state index in [1.165, 1.54) is 6.92 Å². The molecule has 1 aromatic rings. The molecule has 0 spiro atoms. The topological polar surface area (TPSA) is 59.8 Å². The molecule has 1 N–H and O–H groups in total. The highest BCUT2D eigenvalue weighted by molar-refractivity contribution is 5.72. The van der Waals surface area contributed by atoms with Gasteiger partial charge in [0.2, 0.25) is 12.2 Å². The van der Waals surface area contributed by atoms with Crippen molar-refractivity contribution in [3.8, 4) is 0 Å². The molecule has 1 rings (SSSR count). The van der Waals surface area contributed by atoms with Gasteiger partial charge in [0.1, 0.15) is 6.33 Å². The van der Waals surface area contributed by atoms with Crippen molar-refractivity contribution in [1.29, 1.82) is 0 Å². The van der Waals surface area contributed by atoms with Crippen molar-refractivity contribution in [2.24, 2.45) is 0 Å². The Morgan fingerprint density at radius 2 is 2.64 bits per heavy atom. The number of nitrogens with one attached hydrogen (secondary N) is 1. The number of aromatic nitrogens is 3. The summed E-state index contributed by atoms with van der Waals surface area (Å²) in [5.41, 5.74) is 0. The lowest BCUT2D eigenvalue weighted by Crippen LogP contribution is -2.24. The molecule has 0 bridgehead atoms. The summed E-state index contributed by atoms with van der Waals surface area (Å²) in [6.45, 7) is 2.73. The average molecular weight is 153 g/mol. The lowest BCUT2D eigenvalue weighted by Gasteiger charge is -2.00. The van der Waals surface area contributed by atoms with Gasteiger partial charge in [-0.05, 0) is 0 Å². The van der Waals surface area contributed by atoms with Crippen LogP contribution in [0.4, 0.5) is 0 Å². The summed E-state index contributed by atoms with van der Waals surface area (Å²) < 4.78 is 1.68. The fourth-order valence-corrected chi connectivity index (χ4v) is 0.657. The van der Waals surface area contributed by atoms with Crippen molar-refractivity contribution < 1.29 is 4.79 Å². The van der Waals surface area contributed by atoms with Gasteiger partial charge < -0.3 is 9.88 Å². The number of carbonyl (C=O) groups is 1. The lowest BCUT2D eigenvalue weighted by atomic mass is 10.6. The summed E-state index contributed by atoms with van der Waals surface area (Å²) in [4.78, 5) is 10.4. The highest BCUT2D eigenvalue weighted by Gasteiger charge is 1.92. The quantitative estimate of drug-likeness (QED) is 0.619. The summed E-state index contributed by atoms with van der Waals surface area (Å²) in [6.07, 6.45) is 4.17. The molecule has 5 nitrogen and oxygen atoms in total. The first kappa shape index (κ1) is 7.71. The first-order chi connectivity index (χ1) is 5.29. The zero-order valence-electron chi connectivity index (χ0n) is 6.24. The molecule has 0 atom stereocenters. The Balaban J connectivity index is 2.19. The molecule has 0 aliphatic carbocycles. The van der Waals surface area contributed by atoms with Crippen LogP contribution in [0.2, 0.25) is 0 Å². The lowest BCUT2D eigenvalue weighted by molar-refractivity contribution is -0.118. The number of carbonyl (C=O) groups excluding carboxylic acids is 1. The molecule has 0 saturated carbocycles. The summed E-state index contributed by atoms with van der Waals surface area (Å²) in [5, 5.41) is 9.71. The number of hydrogen-bond acceptors (Lipinski definition) is 3. The maximum Gasteiger partial charge on any atom is 0.216 e. The van der Waals surface area contributed by atoms with E-state index in [0.717, 1.165) is 0 Å². The molecular formula is C6H9N4O.